The summed E-state index contributed by atoms with van der Waals surface area (Å²) < 4.78 is 38.4. The highest BCUT2D eigenvalue weighted by molar-refractivity contribution is 7.89. The van der Waals surface area contributed by atoms with Crippen molar-refractivity contribution in [2.24, 2.45) is 0 Å². The highest BCUT2D eigenvalue weighted by Crippen LogP contribution is 2.32. The minimum Gasteiger partial charge on any atom is -0.486 e. The number of nitrogens with one attached hydrogen (secondary N) is 1. The molecule has 2 aliphatic rings. The van der Waals surface area contributed by atoms with Crippen LogP contribution in [0.1, 0.15) is 26.2 Å². The summed E-state index contributed by atoms with van der Waals surface area (Å²) >= 11 is 0. The molecule has 0 amide bonds. The Balaban J connectivity index is 1.60. The van der Waals surface area contributed by atoms with Gasteiger partial charge in [-0.1, -0.05) is 6.42 Å². The molecule has 0 spiro atoms. The van der Waals surface area contributed by atoms with Crippen molar-refractivity contribution < 1.29 is 17.9 Å². The fraction of sp³-hybridized carbons (Fsp3) is 0.625. The first-order valence-corrected chi connectivity index (χ1v) is 9.68. The Morgan fingerprint density at radius 2 is 2.00 bits per heavy atom. The number of likely N-dealkylation sites (tertiary alicyclic amines) is 1. The van der Waals surface area contributed by atoms with E-state index < -0.39 is 10.0 Å². The topological polar surface area (TPSA) is 67.9 Å². The third-order valence-corrected chi connectivity index (χ3v) is 5.91. The summed E-state index contributed by atoms with van der Waals surface area (Å²) in [6, 6.07) is 5.26. The van der Waals surface area contributed by atoms with E-state index in [2.05, 4.69) is 16.5 Å². The number of rotatable bonds is 5. The predicted molar refractivity (Wildman–Crippen MR) is 87.5 cm³/mol. The van der Waals surface area contributed by atoms with Crippen molar-refractivity contribution in [1.29, 1.82) is 0 Å². The van der Waals surface area contributed by atoms with E-state index in [1.165, 1.54) is 25.3 Å². The second kappa shape index (κ2) is 7.07. The molecule has 1 saturated heterocycles. The van der Waals surface area contributed by atoms with Gasteiger partial charge in [0.2, 0.25) is 10.0 Å². The molecule has 0 bridgehead atoms. The number of piperidine rings is 1. The lowest BCUT2D eigenvalue weighted by atomic mass is 10.0. The Morgan fingerprint density at radius 1 is 1.22 bits per heavy atom. The van der Waals surface area contributed by atoms with E-state index in [9.17, 15) is 8.42 Å². The fourth-order valence-corrected chi connectivity index (χ4v) is 4.12. The highest BCUT2D eigenvalue weighted by Gasteiger charge is 2.21. The minimum atomic E-state index is -3.52. The molecule has 1 fully saturated rings. The molecule has 1 aromatic rings. The zero-order valence-corrected chi connectivity index (χ0v) is 14.3. The number of benzene rings is 1. The quantitative estimate of drug-likeness (QED) is 0.882. The van der Waals surface area contributed by atoms with Crippen LogP contribution in [0, 0.1) is 0 Å². The van der Waals surface area contributed by atoms with E-state index in [0.717, 1.165) is 13.1 Å². The van der Waals surface area contributed by atoms with Gasteiger partial charge in [-0.05, 0) is 38.4 Å². The summed E-state index contributed by atoms with van der Waals surface area (Å²) in [5.74, 6) is 1.08. The van der Waals surface area contributed by atoms with Crippen LogP contribution >= 0.6 is 0 Å². The van der Waals surface area contributed by atoms with Crippen LogP contribution in [0.5, 0.6) is 11.5 Å². The van der Waals surface area contributed by atoms with Crippen LogP contribution in [0.4, 0.5) is 0 Å². The second-order valence-corrected chi connectivity index (χ2v) is 7.85. The molecule has 0 aliphatic carbocycles. The van der Waals surface area contributed by atoms with E-state index in [4.69, 9.17) is 9.47 Å². The van der Waals surface area contributed by atoms with Gasteiger partial charge in [0, 0.05) is 25.2 Å². The molecule has 128 valence electrons. The van der Waals surface area contributed by atoms with Gasteiger partial charge in [-0.3, -0.25) is 4.90 Å². The largest absolute Gasteiger partial charge is 0.486 e. The Labute approximate surface area is 137 Å². The lowest BCUT2D eigenvalue weighted by Crippen LogP contribution is -2.42. The van der Waals surface area contributed by atoms with Crippen molar-refractivity contribution in [3.05, 3.63) is 18.2 Å². The molecule has 2 aliphatic heterocycles. The number of hydrogen-bond acceptors (Lipinski definition) is 5. The first kappa shape index (κ1) is 16.5. The van der Waals surface area contributed by atoms with Gasteiger partial charge in [0.15, 0.2) is 11.5 Å². The van der Waals surface area contributed by atoms with Crippen molar-refractivity contribution in [2.45, 2.75) is 37.1 Å². The van der Waals surface area contributed by atoms with Crippen LogP contribution in [0.2, 0.25) is 0 Å². The lowest BCUT2D eigenvalue weighted by molar-refractivity contribution is 0.164. The smallest absolute Gasteiger partial charge is 0.240 e. The Hall–Kier alpha value is -1.31. The number of fused-ring (bicyclic) bond motifs is 1. The normalized spacial score (nSPS) is 22.0. The number of sulfonamides is 1. The minimum absolute atomic E-state index is 0.216. The van der Waals surface area contributed by atoms with Crippen LogP contribution in [0.15, 0.2) is 23.1 Å². The van der Waals surface area contributed by atoms with Crippen LogP contribution in [-0.2, 0) is 10.0 Å². The van der Waals surface area contributed by atoms with Gasteiger partial charge in [0.25, 0.3) is 0 Å². The molecule has 2 heterocycles. The number of ether oxygens (including phenoxy) is 2. The first-order chi connectivity index (χ1) is 11.1. The van der Waals surface area contributed by atoms with Crippen molar-refractivity contribution in [1.82, 2.24) is 9.62 Å². The van der Waals surface area contributed by atoms with Gasteiger partial charge in [0.05, 0.1) is 4.90 Å². The van der Waals surface area contributed by atoms with Crippen LogP contribution in [-0.4, -0.2) is 52.2 Å². The standard InChI is InChI=1S/C16H24N2O4S/c1-13-4-2-3-8-18(13)9-7-17-23(19,20)14-5-6-15-16(12-14)22-11-10-21-15/h5-6,12-13,17H,2-4,7-11H2,1H3/t13-/m0/s1. The first-order valence-electron chi connectivity index (χ1n) is 8.20. The molecule has 1 aromatic carbocycles. The van der Waals surface area contributed by atoms with Crippen molar-refractivity contribution in [2.75, 3.05) is 32.8 Å². The number of hydrogen-bond donors (Lipinski definition) is 1. The molecular formula is C16H24N2O4S. The second-order valence-electron chi connectivity index (χ2n) is 6.08. The monoisotopic (exact) mass is 340 g/mol. The molecule has 0 aromatic heterocycles. The third-order valence-electron chi connectivity index (χ3n) is 4.46. The van der Waals surface area contributed by atoms with Crippen molar-refractivity contribution >= 4 is 10.0 Å². The Morgan fingerprint density at radius 3 is 2.78 bits per heavy atom. The van der Waals surface area contributed by atoms with Crippen molar-refractivity contribution in [3.8, 4) is 11.5 Å². The molecule has 3 rings (SSSR count). The molecule has 6 nitrogen and oxygen atoms in total. The number of nitrogens with zero attached hydrogens (tertiary/aromatic N) is 1. The molecule has 1 N–H and O–H groups in total. The summed E-state index contributed by atoms with van der Waals surface area (Å²) in [7, 11) is -3.52. The molecule has 1 atom stereocenters. The average molecular weight is 340 g/mol. The van der Waals surface area contributed by atoms with Gasteiger partial charge >= 0.3 is 0 Å². The maximum atomic E-state index is 12.4. The zero-order chi connectivity index (χ0) is 16.3. The molecule has 7 heteroatoms. The van der Waals surface area contributed by atoms with E-state index in [1.807, 2.05) is 0 Å². The third kappa shape index (κ3) is 3.97. The molecule has 0 radical (unpaired) electrons. The summed E-state index contributed by atoms with van der Waals surface area (Å²) in [6.45, 7) is 5.34. The van der Waals surface area contributed by atoms with Gasteiger partial charge in [-0.15, -0.1) is 0 Å². The summed E-state index contributed by atoms with van der Waals surface area (Å²) in [6.07, 6.45) is 3.65. The van der Waals surface area contributed by atoms with E-state index >= 15 is 0 Å². The molecular weight excluding hydrogens is 316 g/mol. The highest BCUT2D eigenvalue weighted by atomic mass is 32.2. The summed E-state index contributed by atoms with van der Waals surface area (Å²) in [4.78, 5) is 2.56. The molecule has 23 heavy (non-hydrogen) atoms. The zero-order valence-electron chi connectivity index (χ0n) is 13.5. The Bertz CT molecular complexity index is 647. The van der Waals surface area contributed by atoms with Crippen LogP contribution in [0.25, 0.3) is 0 Å². The van der Waals surface area contributed by atoms with Gasteiger partial charge in [0.1, 0.15) is 13.2 Å². The Kier molecular flexibility index (Phi) is 5.08. The van der Waals surface area contributed by atoms with Crippen LogP contribution in [0.3, 0.4) is 0 Å². The molecule has 0 unspecified atom stereocenters. The lowest BCUT2D eigenvalue weighted by Gasteiger charge is -2.33. The summed E-state index contributed by atoms with van der Waals surface area (Å²) in [5, 5.41) is 0. The SMILES string of the molecule is C[C@H]1CCCCN1CCNS(=O)(=O)c1ccc2c(c1)OCCO2. The summed E-state index contributed by atoms with van der Waals surface area (Å²) in [5.41, 5.74) is 0. The van der Waals surface area contributed by atoms with Crippen LogP contribution < -0.4 is 14.2 Å². The maximum absolute atomic E-state index is 12.4. The van der Waals surface area contributed by atoms with E-state index in [-0.39, 0.29) is 4.90 Å². The van der Waals surface area contributed by atoms with E-state index in [0.29, 0.717) is 37.3 Å². The fourth-order valence-electron chi connectivity index (χ4n) is 3.09. The van der Waals surface area contributed by atoms with Gasteiger partial charge in [-0.25, -0.2) is 13.1 Å². The molecule has 0 saturated carbocycles. The van der Waals surface area contributed by atoms with Crippen molar-refractivity contribution in [3.63, 3.8) is 0 Å². The van der Waals surface area contributed by atoms with Gasteiger partial charge in [-0.2, -0.15) is 0 Å². The van der Waals surface area contributed by atoms with Gasteiger partial charge < -0.3 is 9.47 Å². The van der Waals surface area contributed by atoms with E-state index in [1.54, 1.807) is 12.1 Å². The maximum Gasteiger partial charge on any atom is 0.240 e. The average Bonchev–Trinajstić information content (AvgIpc) is 2.56. The predicted octanol–water partition coefficient (Wildman–Crippen LogP) is 1.61.